The van der Waals surface area contributed by atoms with E-state index in [1.807, 2.05) is 30.3 Å². The van der Waals surface area contributed by atoms with Crippen molar-refractivity contribution in [3.05, 3.63) is 58.8 Å². The highest BCUT2D eigenvalue weighted by Gasteiger charge is 2.18. The van der Waals surface area contributed by atoms with Gasteiger partial charge in [0.25, 0.3) is 5.56 Å². The Balaban J connectivity index is 1.69. The molecule has 26 heavy (non-hydrogen) atoms. The summed E-state index contributed by atoms with van der Waals surface area (Å²) in [4.78, 5) is 29.1. The van der Waals surface area contributed by atoms with Crippen LogP contribution in [0.5, 0.6) is 0 Å². The maximum absolute atomic E-state index is 12.4. The summed E-state index contributed by atoms with van der Waals surface area (Å²) < 4.78 is 3.01. The van der Waals surface area contributed by atoms with Crippen LogP contribution in [-0.2, 0) is 18.4 Å². The van der Waals surface area contributed by atoms with E-state index < -0.39 is 0 Å². The average Bonchev–Trinajstić information content (AvgIpc) is 3.01. The second-order valence-electron chi connectivity index (χ2n) is 6.70. The summed E-state index contributed by atoms with van der Waals surface area (Å²) in [5, 5.41) is 7.58. The Labute approximate surface area is 151 Å². The molecule has 0 saturated carbocycles. The maximum atomic E-state index is 12.4. The SMILES string of the molecule is CC(C)[C@@H](NC(=O)CCn1cnc2c(cnn2C)c1=O)c1ccccc1. The molecule has 7 heteroatoms. The van der Waals surface area contributed by atoms with Crippen LogP contribution < -0.4 is 10.9 Å². The predicted octanol–water partition coefficient (Wildman–Crippen LogP) is 2.03. The van der Waals surface area contributed by atoms with Gasteiger partial charge in [-0.15, -0.1) is 0 Å². The lowest BCUT2D eigenvalue weighted by Crippen LogP contribution is -2.33. The summed E-state index contributed by atoms with van der Waals surface area (Å²) in [7, 11) is 1.74. The van der Waals surface area contributed by atoms with Crippen molar-refractivity contribution in [1.29, 1.82) is 0 Å². The molecule has 0 fully saturated rings. The van der Waals surface area contributed by atoms with E-state index in [0.29, 0.717) is 11.0 Å². The second kappa shape index (κ2) is 7.51. The minimum Gasteiger partial charge on any atom is -0.349 e. The highest BCUT2D eigenvalue weighted by atomic mass is 16.2. The Morgan fingerprint density at radius 1 is 1.23 bits per heavy atom. The average molecular weight is 353 g/mol. The number of nitrogens with one attached hydrogen (secondary N) is 1. The second-order valence-corrected chi connectivity index (χ2v) is 6.70. The Hall–Kier alpha value is -2.96. The molecular weight excluding hydrogens is 330 g/mol. The summed E-state index contributed by atoms with van der Waals surface area (Å²) in [5.74, 6) is 0.170. The fraction of sp³-hybridized carbons (Fsp3) is 0.368. The van der Waals surface area contributed by atoms with Crippen LogP contribution in [0.15, 0.2) is 47.7 Å². The molecule has 3 aromatic rings. The number of amides is 1. The van der Waals surface area contributed by atoms with Crippen LogP contribution in [0, 0.1) is 5.92 Å². The Morgan fingerprint density at radius 2 is 1.96 bits per heavy atom. The number of fused-ring (bicyclic) bond motifs is 1. The van der Waals surface area contributed by atoms with Crippen molar-refractivity contribution in [2.24, 2.45) is 13.0 Å². The molecule has 0 aliphatic heterocycles. The molecule has 7 nitrogen and oxygen atoms in total. The summed E-state index contributed by atoms with van der Waals surface area (Å²) in [5.41, 5.74) is 1.44. The van der Waals surface area contributed by atoms with Gasteiger partial charge in [-0.25, -0.2) is 4.98 Å². The molecule has 0 saturated heterocycles. The van der Waals surface area contributed by atoms with Crippen molar-refractivity contribution < 1.29 is 4.79 Å². The van der Waals surface area contributed by atoms with E-state index in [1.54, 1.807) is 11.7 Å². The molecule has 1 N–H and O–H groups in total. The molecule has 2 aromatic heterocycles. The van der Waals surface area contributed by atoms with Crippen molar-refractivity contribution in [2.75, 3.05) is 0 Å². The first-order chi connectivity index (χ1) is 12.5. The monoisotopic (exact) mass is 353 g/mol. The minimum absolute atomic E-state index is 0.0562. The highest BCUT2D eigenvalue weighted by Crippen LogP contribution is 2.21. The molecule has 0 unspecified atom stereocenters. The zero-order chi connectivity index (χ0) is 18.7. The number of benzene rings is 1. The lowest BCUT2D eigenvalue weighted by atomic mass is 9.96. The maximum Gasteiger partial charge on any atom is 0.264 e. The van der Waals surface area contributed by atoms with Crippen molar-refractivity contribution >= 4 is 16.9 Å². The molecule has 0 bridgehead atoms. The van der Waals surface area contributed by atoms with E-state index in [1.165, 1.54) is 17.1 Å². The lowest BCUT2D eigenvalue weighted by molar-refractivity contribution is -0.122. The number of rotatable bonds is 6. The molecule has 0 aliphatic rings. The van der Waals surface area contributed by atoms with Gasteiger partial charge < -0.3 is 5.32 Å². The Kier molecular flexibility index (Phi) is 5.16. The third kappa shape index (κ3) is 3.66. The minimum atomic E-state index is -0.181. The van der Waals surface area contributed by atoms with Crippen LogP contribution in [0.3, 0.4) is 0 Å². The van der Waals surface area contributed by atoms with Gasteiger partial charge in [-0.1, -0.05) is 44.2 Å². The van der Waals surface area contributed by atoms with Crippen LogP contribution in [0.25, 0.3) is 11.0 Å². The van der Waals surface area contributed by atoms with Gasteiger partial charge in [0.2, 0.25) is 5.91 Å². The van der Waals surface area contributed by atoms with Gasteiger partial charge in [0.1, 0.15) is 5.39 Å². The normalized spacial score (nSPS) is 12.5. The van der Waals surface area contributed by atoms with E-state index >= 15 is 0 Å². The van der Waals surface area contributed by atoms with E-state index in [0.717, 1.165) is 5.56 Å². The van der Waals surface area contributed by atoms with Gasteiger partial charge >= 0.3 is 0 Å². The molecule has 1 atom stereocenters. The summed E-state index contributed by atoms with van der Waals surface area (Å²) in [6, 6.07) is 9.85. The Bertz CT molecular complexity index is 959. The molecule has 0 aliphatic carbocycles. The van der Waals surface area contributed by atoms with Gasteiger partial charge in [-0.2, -0.15) is 5.10 Å². The number of carbonyl (C=O) groups is 1. The highest BCUT2D eigenvalue weighted by molar-refractivity contribution is 5.76. The molecular formula is C19H23N5O2. The first-order valence-electron chi connectivity index (χ1n) is 8.69. The fourth-order valence-corrected chi connectivity index (χ4v) is 2.99. The molecule has 3 rings (SSSR count). The van der Waals surface area contributed by atoms with E-state index in [-0.39, 0.29) is 36.4 Å². The van der Waals surface area contributed by atoms with Gasteiger partial charge in [0, 0.05) is 20.0 Å². The first kappa shape index (κ1) is 17.8. The predicted molar refractivity (Wildman–Crippen MR) is 99.5 cm³/mol. The summed E-state index contributed by atoms with van der Waals surface area (Å²) >= 11 is 0. The number of nitrogens with zero attached hydrogens (tertiary/aromatic N) is 4. The number of aryl methyl sites for hydroxylation is 2. The molecule has 2 heterocycles. The fourth-order valence-electron chi connectivity index (χ4n) is 2.99. The number of hydrogen-bond acceptors (Lipinski definition) is 4. The number of hydrogen-bond donors (Lipinski definition) is 1. The summed E-state index contributed by atoms with van der Waals surface area (Å²) in [6.07, 6.45) is 3.19. The van der Waals surface area contributed by atoms with Gasteiger partial charge in [0.05, 0.1) is 18.6 Å². The molecule has 0 radical (unpaired) electrons. The van der Waals surface area contributed by atoms with Crippen LogP contribution in [0.4, 0.5) is 0 Å². The standard InChI is InChI=1S/C19H23N5O2/c1-13(2)17(14-7-5-4-6-8-14)22-16(25)9-10-24-12-20-18-15(19(24)26)11-21-23(18)3/h4-8,11-13,17H,9-10H2,1-3H3,(H,22,25)/t17-/m1/s1. The van der Waals surface area contributed by atoms with Gasteiger partial charge in [-0.05, 0) is 11.5 Å². The third-order valence-corrected chi connectivity index (χ3v) is 4.44. The van der Waals surface area contributed by atoms with E-state index in [9.17, 15) is 9.59 Å². The summed E-state index contributed by atoms with van der Waals surface area (Å²) in [6.45, 7) is 4.42. The number of carbonyl (C=O) groups excluding carboxylic acids is 1. The van der Waals surface area contributed by atoms with Crippen molar-refractivity contribution in [2.45, 2.75) is 32.9 Å². The molecule has 1 amide bonds. The zero-order valence-electron chi connectivity index (χ0n) is 15.2. The Morgan fingerprint density at radius 3 is 2.65 bits per heavy atom. The topological polar surface area (TPSA) is 81.8 Å². The van der Waals surface area contributed by atoms with Crippen molar-refractivity contribution in [1.82, 2.24) is 24.6 Å². The molecule has 1 aromatic carbocycles. The molecule has 136 valence electrons. The van der Waals surface area contributed by atoms with Gasteiger partial charge in [-0.3, -0.25) is 18.8 Å². The van der Waals surface area contributed by atoms with Crippen LogP contribution >= 0.6 is 0 Å². The smallest absolute Gasteiger partial charge is 0.264 e. The van der Waals surface area contributed by atoms with E-state index in [4.69, 9.17) is 0 Å². The third-order valence-electron chi connectivity index (χ3n) is 4.44. The number of aromatic nitrogens is 4. The van der Waals surface area contributed by atoms with Crippen LogP contribution in [0.2, 0.25) is 0 Å². The van der Waals surface area contributed by atoms with Crippen molar-refractivity contribution in [3.63, 3.8) is 0 Å². The van der Waals surface area contributed by atoms with Gasteiger partial charge in [0.15, 0.2) is 5.65 Å². The van der Waals surface area contributed by atoms with Crippen LogP contribution in [0.1, 0.15) is 31.9 Å². The van der Waals surface area contributed by atoms with Crippen molar-refractivity contribution in [3.8, 4) is 0 Å². The zero-order valence-corrected chi connectivity index (χ0v) is 15.2. The first-order valence-corrected chi connectivity index (χ1v) is 8.69. The largest absolute Gasteiger partial charge is 0.349 e. The van der Waals surface area contributed by atoms with E-state index in [2.05, 4.69) is 29.2 Å². The molecule has 0 spiro atoms. The van der Waals surface area contributed by atoms with Crippen LogP contribution in [-0.4, -0.2) is 25.2 Å². The quantitative estimate of drug-likeness (QED) is 0.735. The lowest BCUT2D eigenvalue weighted by Gasteiger charge is -2.23.